The highest BCUT2D eigenvalue weighted by Gasteiger charge is 2.22. The Hall–Kier alpha value is -7.74. The fourth-order valence-electron chi connectivity index (χ4n) is 10.4. The molecule has 1 heteroatoms. The van der Waals surface area contributed by atoms with Crippen molar-refractivity contribution in [3.05, 3.63) is 223 Å². The summed E-state index contributed by atoms with van der Waals surface area (Å²) in [6.45, 7) is 0. The molecule has 1 aromatic heterocycles. The van der Waals surface area contributed by atoms with Crippen molar-refractivity contribution in [1.29, 1.82) is 0 Å². The number of benzene rings is 11. The molecule has 1 aliphatic rings. The van der Waals surface area contributed by atoms with E-state index in [4.69, 9.17) is 0 Å². The predicted molar refractivity (Wildman–Crippen MR) is 255 cm³/mol. The molecule has 0 bridgehead atoms. The smallest absolute Gasteiger partial charge is 0.0541 e. The van der Waals surface area contributed by atoms with Crippen LogP contribution in [0.25, 0.3) is 115 Å². The molecule has 0 radical (unpaired) electrons. The van der Waals surface area contributed by atoms with E-state index in [1.807, 2.05) is 0 Å². The number of fused-ring (bicyclic) bond motifs is 12. The van der Waals surface area contributed by atoms with Gasteiger partial charge in [0.1, 0.15) is 0 Å². The molecule has 13 rings (SSSR count). The first-order valence-corrected chi connectivity index (χ1v) is 21.0. The molecular weight excluding hydrogens is 723 g/mol. The van der Waals surface area contributed by atoms with Gasteiger partial charge in [0.2, 0.25) is 0 Å². The normalized spacial score (nSPS) is 12.3. The van der Waals surface area contributed by atoms with Crippen molar-refractivity contribution in [3.63, 3.8) is 0 Å². The molecule has 1 aliphatic carbocycles. The van der Waals surface area contributed by atoms with Gasteiger partial charge >= 0.3 is 0 Å². The first-order chi connectivity index (χ1) is 29.7. The Balaban J connectivity index is 1.03. The summed E-state index contributed by atoms with van der Waals surface area (Å²) in [5.41, 5.74) is 16.6. The summed E-state index contributed by atoms with van der Waals surface area (Å²) in [7, 11) is 0. The van der Waals surface area contributed by atoms with Gasteiger partial charge in [-0.2, -0.15) is 0 Å². The molecule has 0 aliphatic heterocycles. The summed E-state index contributed by atoms with van der Waals surface area (Å²) < 4.78 is 2.49. The first kappa shape index (κ1) is 33.3. The Bertz CT molecular complexity index is 3560. The van der Waals surface area contributed by atoms with Crippen LogP contribution in [0.15, 0.2) is 212 Å². The van der Waals surface area contributed by atoms with Gasteiger partial charge in [0, 0.05) is 16.5 Å². The Morgan fingerprint density at radius 1 is 0.267 bits per heavy atom. The Morgan fingerprint density at radius 2 is 0.733 bits per heavy atom. The summed E-state index contributed by atoms with van der Waals surface area (Å²) in [6, 6.07) is 79.1. The van der Waals surface area contributed by atoms with Crippen molar-refractivity contribution in [2.24, 2.45) is 0 Å². The second-order valence-corrected chi connectivity index (χ2v) is 16.4. The van der Waals surface area contributed by atoms with E-state index in [0.29, 0.717) is 0 Å². The summed E-state index contributed by atoms with van der Waals surface area (Å²) in [5.74, 6) is 0. The van der Waals surface area contributed by atoms with Crippen molar-refractivity contribution in [1.82, 2.24) is 4.57 Å². The molecule has 11 aromatic carbocycles. The summed E-state index contributed by atoms with van der Waals surface area (Å²) in [6.07, 6.45) is 0.925. The predicted octanol–water partition coefficient (Wildman–Crippen LogP) is 16.0. The number of aromatic nitrogens is 1. The van der Waals surface area contributed by atoms with E-state index in [1.165, 1.54) is 126 Å². The maximum atomic E-state index is 2.49. The molecule has 0 amide bonds. The zero-order chi connectivity index (χ0) is 39.3. The summed E-state index contributed by atoms with van der Waals surface area (Å²) in [4.78, 5) is 0. The van der Waals surface area contributed by atoms with Gasteiger partial charge in [0.25, 0.3) is 0 Å². The molecule has 0 spiro atoms. The van der Waals surface area contributed by atoms with Gasteiger partial charge in [0.05, 0.1) is 11.0 Å². The van der Waals surface area contributed by atoms with Gasteiger partial charge in [-0.25, -0.2) is 0 Å². The molecule has 12 aromatic rings. The zero-order valence-electron chi connectivity index (χ0n) is 32.9. The second kappa shape index (κ2) is 12.9. The van der Waals surface area contributed by atoms with Gasteiger partial charge in [-0.05, 0) is 154 Å². The van der Waals surface area contributed by atoms with Crippen LogP contribution in [0.4, 0.5) is 0 Å². The van der Waals surface area contributed by atoms with Crippen molar-refractivity contribution < 1.29 is 0 Å². The molecule has 0 saturated carbocycles. The lowest BCUT2D eigenvalue weighted by Crippen LogP contribution is -1.95. The van der Waals surface area contributed by atoms with E-state index in [-0.39, 0.29) is 0 Å². The van der Waals surface area contributed by atoms with Crippen LogP contribution in [-0.2, 0) is 6.42 Å². The van der Waals surface area contributed by atoms with E-state index >= 15 is 0 Å². The van der Waals surface area contributed by atoms with E-state index < -0.39 is 0 Å². The van der Waals surface area contributed by atoms with Crippen molar-refractivity contribution in [2.45, 2.75) is 6.42 Å². The van der Waals surface area contributed by atoms with Crippen LogP contribution in [0.5, 0.6) is 0 Å². The molecular formula is C59H37N. The minimum absolute atomic E-state index is 0.925. The third kappa shape index (κ3) is 4.99. The van der Waals surface area contributed by atoms with Gasteiger partial charge in [-0.1, -0.05) is 164 Å². The van der Waals surface area contributed by atoms with Gasteiger partial charge in [0.15, 0.2) is 0 Å². The number of nitrogens with zero attached hydrogens (tertiary/aromatic N) is 1. The Kier molecular flexibility index (Phi) is 7.14. The molecule has 0 fully saturated rings. The first-order valence-electron chi connectivity index (χ1n) is 21.0. The maximum Gasteiger partial charge on any atom is 0.0541 e. The third-order valence-electron chi connectivity index (χ3n) is 13.2. The maximum absolute atomic E-state index is 2.49. The SMILES string of the molecule is c1ccc(-c2ccc3c(c2)Cc2cc(-n4c5ccc(-c6cc7ccccc7c7ccccc67)cc5c5cc(-c6cc7ccccc7c7ccccc67)ccc54)ccc2-3)cc1. The highest BCUT2D eigenvalue weighted by Crippen LogP contribution is 2.44. The Morgan fingerprint density at radius 3 is 1.32 bits per heavy atom. The average Bonchev–Trinajstić information content (AvgIpc) is 3.85. The van der Waals surface area contributed by atoms with Gasteiger partial charge in [-0.3, -0.25) is 0 Å². The minimum atomic E-state index is 0.925. The lowest BCUT2D eigenvalue weighted by molar-refractivity contribution is 1.16. The van der Waals surface area contributed by atoms with Crippen molar-refractivity contribution in [2.75, 3.05) is 0 Å². The van der Waals surface area contributed by atoms with E-state index in [1.54, 1.807) is 0 Å². The van der Waals surface area contributed by atoms with E-state index in [0.717, 1.165) is 6.42 Å². The fraction of sp³-hybridized carbons (Fsp3) is 0.0169. The van der Waals surface area contributed by atoms with Crippen LogP contribution < -0.4 is 0 Å². The van der Waals surface area contributed by atoms with Crippen molar-refractivity contribution in [3.8, 4) is 50.2 Å². The van der Waals surface area contributed by atoms with Crippen LogP contribution in [0, 0.1) is 0 Å². The molecule has 278 valence electrons. The fourth-order valence-corrected chi connectivity index (χ4v) is 10.4. The summed E-state index contributed by atoms with van der Waals surface area (Å²) >= 11 is 0. The van der Waals surface area contributed by atoms with Crippen LogP contribution in [0.2, 0.25) is 0 Å². The van der Waals surface area contributed by atoms with Gasteiger partial charge < -0.3 is 4.57 Å². The molecule has 1 nitrogen and oxygen atoms in total. The van der Waals surface area contributed by atoms with Crippen LogP contribution >= 0.6 is 0 Å². The molecule has 60 heavy (non-hydrogen) atoms. The Labute approximate surface area is 348 Å². The highest BCUT2D eigenvalue weighted by atomic mass is 15.0. The average molecular weight is 760 g/mol. The third-order valence-corrected chi connectivity index (χ3v) is 13.2. The second-order valence-electron chi connectivity index (χ2n) is 16.4. The number of hydrogen-bond donors (Lipinski definition) is 0. The van der Waals surface area contributed by atoms with E-state index in [9.17, 15) is 0 Å². The molecule has 0 unspecified atom stereocenters. The van der Waals surface area contributed by atoms with Gasteiger partial charge in [-0.15, -0.1) is 0 Å². The van der Waals surface area contributed by atoms with Crippen LogP contribution in [0.1, 0.15) is 11.1 Å². The number of rotatable bonds is 4. The van der Waals surface area contributed by atoms with Crippen molar-refractivity contribution >= 4 is 64.9 Å². The highest BCUT2D eigenvalue weighted by molar-refractivity contribution is 6.18. The van der Waals surface area contributed by atoms with E-state index in [2.05, 4.69) is 217 Å². The zero-order valence-corrected chi connectivity index (χ0v) is 32.9. The van der Waals surface area contributed by atoms with Crippen LogP contribution in [-0.4, -0.2) is 4.57 Å². The molecule has 0 atom stereocenters. The number of hydrogen-bond acceptors (Lipinski definition) is 0. The lowest BCUT2D eigenvalue weighted by Gasteiger charge is -2.13. The standard InChI is InChI=1S/C59H37N/c1-2-12-37(13-3-1)38-22-26-48-43(30-38)31-44-32-45(25-27-49(44)48)60-58-28-23-41(54-33-39-14-4-6-16-46(39)50-18-8-10-20-52(50)54)35-56(58)57-36-42(24-29-59(57)60)55-34-40-15-5-7-17-47(40)51-19-9-11-21-53(51)55/h1-30,32-36H,31H2. The lowest BCUT2D eigenvalue weighted by atomic mass is 9.92. The molecule has 0 saturated heterocycles. The summed E-state index contributed by atoms with van der Waals surface area (Å²) in [5, 5.41) is 12.7. The quantitative estimate of drug-likeness (QED) is 0.158. The minimum Gasteiger partial charge on any atom is -0.309 e. The molecule has 1 heterocycles. The topological polar surface area (TPSA) is 4.93 Å². The monoisotopic (exact) mass is 759 g/mol. The largest absolute Gasteiger partial charge is 0.309 e. The molecule has 0 N–H and O–H groups in total. The van der Waals surface area contributed by atoms with Crippen LogP contribution in [0.3, 0.4) is 0 Å².